The van der Waals surface area contributed by atoms with Gasteiger partial charge >= 0.3 is 0 Å². The lowest BCUT2D eigenvalue weighted by molar-refractivity contribution is -0.127. The Morgan fingerprint density at radius 2 is 1.72 bits per heavy atom. The van der Waals surface area contributed by atoms with Crippen molar-refractivity contribution in [2.24, 2.45) is 0 Å². The third-order valence-electron chi connectivity index (χ3n) is 3.29. The van der Waals surface area contributed by atoms with Gasteiger partial charge in [0, 0.05) is 32.7 Å². The Morgan fingerprint density at radius 1 is 1.11 bits per heavy atom. The first-order valence-corrected chi connectivity index (χ1v) is 6.82. The lowest BCUT2D eigenvalue weighted by atomic mass is 10.2. The minimum absolute atomic E-state index is 0.00910. The van der Waals surface area contributed by atoms with Crippen LogP contribution in [-0.2, 0) is 9.59 Å². The van der Waals surface area contributed by atoms with Crippen LogP contribution in [0.25, 0.3) is 0 Å². The Balaban J connectivity index is 2.01. The van der Waals surface area contributed by atoms with E-state index >= 15 is 0 Å². The second-order valence-electron chi connectivity index (χ2n) is 4.86. The first-order chi connectivity index (χ1) is 8.61. The van der Waals surface area contributed by atoms with Crippen LogP contribution >= 0.6 is 0 Å². The van der Waals surface area contributed by atoms with Crippen LogP contribution < -0.4 is 5.32 Å². The molecule has 1 saturated heterocycles. The number of nitrogens with one attached hydrogen (secondary N) is 1. The van der Waals surface area contributed by atoms with Crippen molar-refractivity contribution in [1.82, 2.24) is 15.1 Å². The van der Waals surface area contributed by atoms with Gasteiger partial charge in [0.25, 0.3) is 0 Å². The van der Waals surface area contributed by atoms with E-state index < -0.39 is 0 Å². The van der Waals surface area contributed by atoms with Crippen molar-refractivity contribution in [2.75, 3.05) is 45.8 Å². The molecule has 0 aliphatic carbocycles. The summed E-state index contributed by atoms with van der Waals surface area (Å²) in [6, 6.07) is 0. The van der Waals surface area contributed by atoms with Gasteiger partial charge < -0.3 is 15.1 Å². The van der Waals surface area contributed by atoms with E-state index in [0.717, 1.165) is 45.7 Å². The Morgan fingerprint density at radius 3 is 2.28 bits per heavy atom. The number of likely N-dealkylation sites (N-methyl/N-ethyl adjacent to an activating group) is 1. The summed E-state index contributed by atoms with van der Waals surface area (Å²) >= 11 is 0. The molecule has 104 valence electrons. The first kappa shape index (κ1) is 15.1. The number of carbonyl (C=O) groups excluding carboxylic acids is 2. The van der Waals surface area contributed by atoms with Crippen LogP contribution in [0.4, 0.5) is 0 Å². The van der Waals surface area contributed by atoms with E-state index in [2.05, 4.69) is 22.0 Å². The number of hydrogen-bond acceptors (Lipinski definition) is 4. The van der Waals surface area contributed by atoms with E-state index in [-0.39, 0.29) is 18.1 Å². The molecular weight excluding hydrogens is 230 g/mol. The minimum Gasteiger partial charge on any atom is -0.356 e. The van der Waals surface area contributed by atoms with Crippen molar-refractivity contribution >= 4 is 11.7 Å². The van der Waals surface area contributed by atoms with Crippen LogP contribution in [0.3, 0.4) is 0 Å². The summed E-state index contributed by atoms with van der Waals surface area (Å²) in [4.78, 5) is 26.8. The Hall–Kier alpha value is -0.940. The third kappa shape index (κ3) is 6.12. The predicted octanol–water partition coefficient (Wildman–Crippen LogP) is 0.109. The molecule has 0 unspecified atom stereocenters. The highest BCUT2D eigenvalue weighted by atomic mass is 16.2. The number of Topliss-reactive ketones (excluding diaryl/α,β-unsaturated/α-hetero) is 1. The van der Waals surface area contributed by atoms with E-state index in [1.807, 2.05) is 0 Å². The molecular formula is C13H25N3O2. The summed E-state index contributed by atoms with van der Waals surface area (Å²) in [7, 11) is 0. The molecule has 1 N–H and O–H groups in total. The van der Waals surface area contributed by atoms with Gasteiger partial charge in [0.05, 0.1) is 6.42 Å². The predicted molar refractivity (Wildman–Crippen MR) is 71.5 cm³/mol. The zero-order chi connectivity index (χ0) is 13.4. The lowest BCUT2D eigenvalue weighted by Gasteiger charge is -2.33. The van der Waals surface area contributed by atoms with Gasteiger partial charge in [-0.05, 0) is 26.4 Å². The van der Waals surface area contributed by atoms with Gasteiger partial charge in [-0.2, -0.15) is 0 Å². The van der Waals surface area contributed by atoms with Crippen molar-refractivity contribution < 1.29 is 9.59 Å². The monoisotopic (exact) mass is 255 g/mol. The van der Waals surface area contributed by atoms with Crippen LogP contribution in [0.15, 0.2) is 0 Å². The summed E-state index contributed by atoms with van der Waals surface area (Å²) in [6.45, 7) is 11.0. The molecule has 18 heavy (non-hydrogen) atoms. The van der Waals surface area contributed by atoms with Crippen LogP contribution in [0.5, 0.6) is 0 Å². The zero-order valence-corrected chi connectivity index (χ0v) is 11.6. The van der Waals surface area contributed by atoms with Gasteiger partial charge in [0.1, 0.15) is 5.78 Å². The standard InChI is InChI=1S/C13H25N3O2/c1-3-15-7-9-16(10-8-15)6-4-5-14-13(18)11-12(2)17/h3-11H2,1-2H3,(H,14,18). The zero-order valence-electron chi connectivity index (χ0n) is 11.6. The number of rotatable bonds is 7. The van der Waals surface area contributed by atoms with Gasteiger partial charge in [0.15, 0.2) is 0 Å². The maximum atomic E-state index is 11.2. The fourth-order valence-electron chi connectivity index (χ4n) is 2.15. The molecule has 0 aromatic rings. The lowest BCUT2D eigenvalue weighted by Crippen LogP contribution is -2.46. The molecule has 1 rings (SSSR count). The topological polar surface area (TPSA) is 52.6 Å². The average molecular weight is 255 g/mol. The van der Waals surface area contributed by atoms with Gasteiger partial charge in [0.2, 0.25) is 5.91 Å². The van der Waals surface area contributed by atoms with Crippen LogP contribution in [0, 0.1) is 0 Å². The molecule has 1 heterocycles. The normalized spacial score (nSPS) is 17.7. The van der Waals surface area contributed by atoms with Crippen molar-refractivity contribution in [2.45, 2.75) is 26.7 Å². The highest BCUT2D eigenvalue weighted by molar-refractivity contribution is 5.96. The highest BCUT2D eigenvalue weighted by Gasteiger charge is 2.14. The molecule has 5 heteroatoms. The molecule has 0 aromatic carbocycles. The number of hydrogen-bond donors (Lipinski definition) is 1. The number of nitrogens with zero attached hydrogens (tertiary/aromatic N) is 2. The SMILES string of the molecule is CCN1CCN(CCCNC(=O)CC(C)=O)CC1. The molecule has 0 aromatic heterocycles. The van der Waals surface area contributed by atoms with Gasteiger partial charge in [-0.15, -0.1) is 0 Å². The molecule has 1 aliphatic rings. The smallest absolute Gasteiger partial charge is 0.227 e. The van der Waals surface area contributed by atoms with E-state index in [1.54, 1.807) is 0 Å². The Bertz CT molecular complexity index is 273. The second kappa shape index (κ2) is 8.21. The maximum Gasteiger partial charge on any atom is 0.227 e. The summed E-state index contributed by atoms with van der Waals surface area (Å²) in [5.41, 5.74) is 0. The van der Waals surface area contributed by atoms with Crippen LogP contribution in [0.2, 0.25) is 0 Å². The van der Waals surface area contributed by atoms with Crippen LogP contribution in [-0.4, -0.2) is 67.3 Å². The maximum absolute atomic E-state index is 11.2. The number of carbonyl (C=O) groups is 2. The summed E-state index contributed by atoms with van der Waals surface area (Å²) in [5, 5.41) is 2.78. The van der Waals surface area contributed by atoms with Crippen molar-refractivity contribution in [3.05, 3.63) is 0 Å². The van der Waals surface area contributed by atoms with Crippen molar-refractivity contribution in [3.63, 3.8) is 0 Å². The van der Waals surface area contributed by atoms with E-state index in [1.165, 1.54) is 6.92 Å². The number of amides is 1. The van der Waals surface area contributed by atoms with Crippen molar-refractivity contribution in [3.8, 4) is 0 Å². The molecule has 0 radical (unpaired) electrons. The molecule has 0 bridgehead atoms. The average Bonchev–Trinajstić information content (AvgIpc) is 2.34. The molecule has 1 aliphatic heterocycles. The van der Waals surface area contributed by atoms with E-state index in [9.17, 15) is 9.59 Å². The minimum atomic E-state index is -0.154. The second-order valence-corrected chi connectivity index (χ2v) is 4.86. The summed E-state index contributed by atoms with van der Waals surface area (Å²) in [6.07, 6.45) is 0.963. The van der Waals surface area contributed by atoms with Gasteiger partial charge in [-0.3, -0.25) is 9.59 Å². The third-order valence-corrected chi connectivity index (χ3v) is 3.29. The Labute approximate surface area is 110 Å². The fourth-order valence-corrected chi connectivity index (χ4v) is 2.15. The molecule has 5 nitrogen and oxygen atoms in total. The number of piperazine rings is 1. The van der Waals surface area contributed by atoms with Gasteiger partial charge in [-0.1, -0.05) is 6.92 Å². The van der Waals surface area contributed by atoms with Gasteiger partial charge in [-0.25, -0.2) is 0 Å². The molecule has 0 spiro atoms. The summed E-state index contributed by atoms with van der Waals surface area (Å²) in [5.74, 6) is -0.235. The molecule has 0 atom stereocenters. The fraction of sp³-hybridized carbons (Fsp3) is 0.846. The first-order valence-electron chi connectivity index (χ1n) is 6.82. The quantitative estimate of drug-likeness (QED) is 0.518. The molecule has 1 amide bonds. The highest BCUT2D eigenvalue weighted by Crippen LogP contribution is 2.01. The number of ketones is 1. The van der Waals surface area contributed by atoms with Crippen molar-refractivity contribution in [1.29, 1.82) is 0 Å². The largest absolute Gasteiger partial charge is 0.356 e. The van der Waals surface area contributed by atoms with E-state index in [0.29, 0.717) is 6.54 Å². The van der Waals surface area contributed by atoms with E-state index in [4.69, 9.17) is 0 Å². The molecule has 1 fully saturated rings. The molecule has 0 saturated carbocycles. The van der Waals surface area contributed by atoms with Crippen LogP contribution in [0.1, 0.15) is 26.7 Å². The Kier molecular flexibility index (Phi) is 6.90. The summed E-state index contributed by atoms with van der Waals surface area (Å²) < 4.78 is 0.